The molecule has 0 aliphatic heterocycles. The lowest BCUT2D eigenvalue weighted by Crippen LogP contribution is -2.33. The van der Waals surface area contributed by atoms with Gasteiger partial charge in [-0.2, -0.15) is 0 Å². The van der Waals surface area contributed by atoms with Crippen LogP contribution in [0.2, 0.25) is 0 Å². The van der Waals surface area contributed by atoms with E-state index in [9.17, 15) is 8.42 Å². The van der Waals surface area contributed by atoms with Crippen LogP contribution in [-0.2, 0) is 9.84 Å². The number of sulfone groups is 1. The molecule has 1 aliphatic carbocycles. The molecule has 17 heavy (non-hydrogen) atoms. The van der Waals surface area contributed by atoms with E-state index in [4.69, 9.17) is 0 Å². The average Bonchev–Trinajstić information content (AvgIpc) is 2.28. The van der Waals surface area contributed by atoms with Crippen LogP contribution < -0.4 is 5.32 Å². The lowest BCUT2D eigenvalue weighted by Gasteiger charge is -2.34. The number of anilines is 1. The molecule has 0 aromatic heterocycles. The zero-order valence-corrected chi connectivity index (χ0v) is 11.1. The first-order chi connectivity index (χ1) is 8.01. The summed E-state index contributed by atoms with van der Waals surface area (Å²) >= 11 is 0. The molecular formula is C13H19NO2S. The third kappa shape index (κ3) is 2.80. The van der Waals surface area contributed by atoms with Crippen LogP contribution in [0.25, 0.3) is 0 Å². The second-order valence-corrected chi connectivity index (χ2v) is 7.12. The Bertz CT molecular complexity index is 473. The highest BCUT2D eigenvalue weighted by Gasteiger charge is 2.24. The minimum absolute atomic E-state index is 0.153. The molecule has 0 radical (unpaired) electrons. The maximum Gasteiger partial charge on any atom is 0.178 e. The van der Waals surface area contributed by atoms with Gasteiger partial charge in [0.25, 0.3) is 0 Å². The first-order valence-electron chi connectivity index (χ1n) is 6.10. The SMILES string of the molecule is CCS(=O)(=O)c1ccc(NC2CC(C)C2)cc1. The standard InChI is InChI=1S/C13H19NO2S/c1-3-17(15,16)13-6-4-11(5-7-13)14-12-8-10(2)9-12/h4-7,10,12,14H,3,8-9H2,1-2H3. The molecule has 0 atom stereocenters. The third-order valence-electron chi connectivity index (χ3n) is 3.34. The molecule has 0 spiro atoms. The lowest BCUT2D eigenvalue weighted by atomic mass is 9.82. The Labute approximate surface area is 103 Å². The van der Waals surface area contributed by atoms with Crippen molar-refractivity contribution >= 4 is 15.5 Å². The summed E-state index contributed by atoms with van der Waals surface area (Å²) in [6, 6.07) is 7.63. The van der Waals surface area contributed by atoms with Crippen molar-refractivity contribution < 1.29 is 8.42 Å². The van der Waals surface area contributed by atoms with Crippen molar-refractivity contribution in [1.29, 1.82) is 0 Å². The fraction of sp³-hybridized carbons (Fsp3) is 0.538. The van der Waals surface area contributed by atoms with Crippen LogP contribution in [0, 0.1) is 5.92 Å². The van der Waals surface area contributed by atoms with Gasteiger partial charge in [-0.25, -0.2) is 8.42 Å². The lowest BCUT2D eigenvalue weighted by molar-refractivity contribution is 0.309. The minimum Gasteiger partial charge on any atom is -0.382 e. The van der Waals surface area contributed by atoms with Crippen LogP contribution in [0.15, 0.2) is 29.2 Å². The molecule has 0 saturated heterocycles. The van der Waals surface area contributed by atoms with E-state index in [1.807, 2.05) is 12.1 Å². The first-order valence-corrected chi connectivity index (χ1v) is 7.76. The predicted octanol–water partition coefficient (Wildman–Crippen LogP) is 2.69. The van der Waals surface area contributed by atoms with Crippen molar-refractivity contribution in [3.8, 4) is 0 Å². The third-order valence-corrected chi connectivity index (χ3v) is 5.09. The Morgan fingerprint density at radius 2 is 1.82 bits per heavy atom. The number of hydrogen-bond acceptors (Lipinski definition) is 3. The van der Waals surface area contributed by atoms with Gasteiger partial charge < -0.3 is 5.32 Å². The molecule has 1 aliphatic rings. The summed E-state index contributed by atoms with van der Waals surface area (Å²) in [7, 11) is -3.07. The van der Waals surface area contributed by atoms with Gasteiger partial charge >= 0.3 is 0 Å². The van der Waals surface area contributed by atoms with Crippen molar-refractivity contribution in [3.05, 3.63) is 24.3 Å². The summed E-state index contributed by atoms with van der Waals surface area (Å²) in [6.45, 7) is 3.91. The van der Waals surface area contributed by atoms with Gasteiger partial charge in [-0.3, -0.25) is 0 Å². The Kier molecular flexibility index (Phi) is 3.43. The molecule has 4 heteroatoms. The van der Waals surface area contributed by atoms with Gasteiger partial charge in [-0.1, -0.05) is 13.8 Å². The average molecular weight is 253 g/mol. The smallest absolute Gasteiger partial charge is 0.178 e. The van der Waals surface area contributed by atoms with Crippen LogP contribution in [0.1, 0.15) is 26.7 Å². The number of benzene rings is 1. The Hall–Kier alpha value is -1.03. The van der Waals surface area contributed by atoms with Gasteiger partial charge in [0.15, 0.2) is 9.84 Å². The molecule has 0 amide bonds. The minimum atomic E-state index is -3.07. The largest absolute Gasteiger partial charge is 0.382 e. The number of hydrogen-bond donors (Lipinski definition) is 1. The van der Waals surface area contributed by atoms with Gasteiger partial charge in [-0.15, -0.1) is 0 Å². The first kappa shape index (κ1) is 12.4. The molecule has 94 valence electrons. The summed E-state index contributed by atoms with van der Waals surface area (Å²) < 4.78 is 23.2. The molecule has 1 aromatic rings. The van der Waals surface area contributed by atoms with Crippen LogP contribution in [0.3, 0.4) is 0 Å². The second kappa shape index (κ2) is 4.69. The second-order valence-electron chi connectivity index (χ2n) is 4.85. The monoisotopic (exact) mass is 253 g/mol. The maximum absolute atomic E-state index is 11.6. The molecule has 3 nitrogen and oxygen atoms in total. The van der Waals surface area contributed by atoms with Crippen molar-refractivity contribution in [3.63, 3.8) is 0 Å². The summed E-state index contributed by atoms with van der Waals surface area (Å²) in [5, 5.41) is 3.41. The molecule has 1 saturated carbocycles. The highest BCUT2D eigenvalue weighted by Crippen LogP contribution is 2.29. The van der Waals surface area contributed by atoms with E-state index in [0.717, 1.165) is 11.6 Å². The normalized spacial score (nSPS) is 24.1. The molecular weight excluding hydrogens is 234 g/mol. The summed E-state index contributed by atoms with van der Waals surface area (Å²) in [5.41, 5.74) is 1.01. The Morgan fingerprint density at radius 1 is 1.24 bits per heavy atom. The highest BCUT2D eigenvalue weighted by molar-refractivity contribution is 7.91. The molecule has 0 heterocycles. The predicted molar refractivity (Wildman–Crippen MR) is 70.0 cm³/mol. The summed E-state index contributed by atoms with van der Waals surface area (Å²) in [4.78, 5) is 0.410. The molecule has 2 rings (SSSR count). The topological polar surface area (TPSA) is 46.2 Å². The fourth-order valence-electron chi connectivity index (χ4n) is 2.18. The quantitative estimate of drug-likeness (QED) is 0.897. The van der Waals surface area contributed by atoms with Gasteiger partial charge in [-0.05, 0) is 43.0 Å². The van der Waals surface area contributed by atoms with E-state index in [-0.39, 0.29) is 5.75 Å². The maximum atomic E-state index is 11.6. The molecule has 0 unspecified atom stereocenters. The van der Waals surface area contributed by atoms with Gasteiger partial charge in [0.1, 0.15) is 0 Å². The molecule has 1 fully saturated rings. The Balaban J connectivity index is 2.03. The van der Waals surface area contributed by atoms with E-state index < -0.39 is 9.84 Å². The summed E-state index contributed by atoms with van der Waals surface area (Å²) in [6.07, 6.45) is 2.41. The highest BCUT2D eigenvalue weighted by atomic mass is 32.2. The van der Waals surface area contributed by atoms with Gasteiger partial charge in [0.05, 0.1) is 10.6 Å². The van der Waals surface area contributed by atoms with Gasteiger partial charge in [0.2, 0.25) is 0 Å². The number of rotatable bonds is 4. The van der Waals surface area contributed by atoms with Crippen LogP contribution in [-0.4, -0.2) is 20.2 Å². The Morgan fingerprint density at radius 3 is 2.29 bits per heavy atom. The van der Waals surface area contributed by atoms with Gasteiger partial charge in [0, 0.05) is 11.7 Å². The van der Waals surface area contributed by atoms with Crippen molar-refractivity contribution in [2.75, 3.05) is 11.1 Å². The van der Waals surface area contributed by atoms with Crippen LogP contribution in [0.4, 0.5) is 5.69 Å². The summed E-state index contributed by atoms with van der Waals surface area (Å²) in [5.74, 6) is 0.965. The van der Waals surface area contributed by atoms with Crippen molar-refractivity contribution in [1.82, 2.24) is 0 Å². The number of nitrogens with one attached hydrogen (secondary N) is 1. The molecule has 0 bridgehead atoms. The zero-order chi connectivity index (χ0) is 12.5. The van der Waals surface area contributed by atoms with E-state index in [2.05, 4.69) is 12.2 Å². The van der Waals surface area contributed by atoms with E-state index >= 15 is 0 Å². The zero-order valence-electron chi connectivity index (χ0n) is 10.3. The van der Waals surface area contributed by atoms with Crippen LogP contribution in [0.5, 0.6) is 0 Å². The fourth-order valence-corrected chi connectivity index (χ4v) is 3.07. The van der Waals surface area contributed by atoms with Crippen molar-refractivity contribution in [2.45, 2.75) is 37.6 Å². The van der Waals surface area contributed by atoms with E-state index in [1.165, 1.54) is 12.8 Å². The van der Waals surface area contributed by atoms with Crippen LogP contribution >= 0.6 is 0 Å². The molecule has 1 aromatic carbocycles. The van der Waals surface area contributed by atoms with E-state index in [1.54, 1.807) is 19.1 Å². The van der Waals surface area contributed by atoms with E-state index in [0.29, 0.717) is 10.9 Å². The van der Waals surface area contributed by atoms with Crippen molar-refractivity contribution in [2.24, 2.45) is 5.92 Å². The molecule has 1 N–H and O–H groups in total.